The van der Waals surface area contributed by atoms with Crippen molar-refractivity contribution >= 4 is 70.1 Å². The maximum absolute atomic E-state index is 12.7. The number of rotatable bonds is 21. The number of carbonyl (C=O) groups excluding carboxylic acids is 2. The zero-order chi connectivity index (χ0) is 43.9. The quantitative estimate of drug-likeness (QED) is 0.0383. The molecule has 328 valence electrons. The number of nitrogen functional groups attached to an aromatic ring is 1. The topological polar surface area (TPSA) is 407 Å². The van der Waals surface area contributed by atoms with Gasteiger partial charge in [0.15, 0.2) is 22.8 Å². The molecule has 1 fully saturated rings. The number of phenols is 2. The third-order valence-electron chi connectivity index (χ3n) is 7.97. The Balaban J connectivity index is 1.22. The maximum Gasteiger partial charge on any atom is 0.481 e. The number of ether oxygens (including phenoxy) is 1. The highest BCUT2D eigenvalue weighted by atomic mass is 32.2. The zero-order valence-corrected chi connectivity index (χ0v) is 34.3. The van der Waals surface area contributed by atoms with Gasteiger partial charge in [-0.25, -0.2) is 28.6 Å². The second kappa shape index (κ2) is 19.8. The lowest BCUT2D eigenvalue weighted by molar-refractivity contribution is -0.137. The maximum atomic E-state index is 12.7. The van der Waals surface area contributed by atoms with Crippen molar-refractivity contribution in [3.8, 4) is 11.5 Å². The predicted molar refractivity (Wildman–Crippen MR) is 202 cm³/mol. The number of nitrogens with two attached hydrogens (primary N) is 1. The van der Waals surface area contributed by atoms with Crippen LogP contribution in [0.5, 0.6) is 11.5 Å². The SMILES string of the molecule is CC(C)(COP(=O)(O)OP(=O)(O)OC[C@H]1O[C@@H](n2cnc3c(N)ncnc32)[C@H](O)[C@@H]1OP(=O)(O)O)[C@@H](O)C(=O)NCCC(=O)NCCS/C(O)=C/c1cc(O)cc(O)c1. The first-order valence-electron chi connectivity index (χ1n) is 16.8. The number of anilines is 1. The molecule has 0 spiro atoms. The molecule has 1 saturated heterocycles. The molecule has 4 rings (SSSR count). The van der Waals surface area contributed by atoms with Crippen molar-refractivity contribution in [3.05, 3.63) is 41.5 Å². The number of carbonyl (C=O) groups is 2. The minimum Gasteiger partial charge on any atom is -0.508 e. The number of hydrogen-bond donors (Lipinski definition) is 12. The van der Waals surface area contributed by atoms with E-state index in [1.54, 1.807) is 0 Å². The standard InChI is InChI=1S/C29H42N7O19P3S/c1-29(2,24(42)27(43)32-4-3-19(39)31-5-6-59-20(40)9-15-7-16(37)10-17(38)8-15)12-52-58(49,50)55-57(47,48)51-11-18-23(54-56(44,45)46)22(41)28(53-18)36-14-35-21-25(30)33-13-34-26(21)36/h7-10,13-14,18,22-24,28,37-38,40-42H,3-6,11-12H2,1-2H3,(H,31,39)(H,32,43)(H,47,48)(H,49,50)(H2,30,33,34)(H2,44,45,46)/b20-9+/t18-,22-,23-,24+,28-/m1/s1. The van der Waals surface area contributed by atoms with Gasteiger partial charge in [-0.15, -0.1) is 0 Å². The molecule has 7 atom stereocenters. The van der Waals surface area contributed by atoms with Crippen molar-refractivity contribution in [2.45, 2.75) is 50.9 Å². The van der Waals surface area contributed by atoms with Crippen molar-refractivity contribution in [2.75, 3.05) is 37.8 Å². The van der Waals surface area contributed by atoms with Crippen LogP contribution in [-0.2, 0) is 45.9 Å². The van der Waals surface area contributed by atoms with Crippen LogP contribution in [0.2, 0.25) is 0 Å². The predicted octanol–water partition coefficient (Wildman–Crippen LogP) is 0.106. The van der Waals surface area contributed by atoms with Crippen LogP contribution in [-0.4, -0.2) is 133 Å². The summed E-state index contributed by atoms with van der Waals surface area (Å²) in [5, 5.41) is 55.2. The van der Waals surface area contributed by atoms with Gasteiger partial charge in [0.2, 0.25) is 11.8 Å². The number of phenolic OH excluding ortho intramolecular Hbond substituents is 2. The third-order valence-corrected chi connectivity index (χ3v) is 11.9. The normalized spacial score (nSPS) is 21.5. The summed E-state index contributed by atoms with van der Waals surface area (Å²) in [5.74, 6) is -1.72. The average molecular weight is 918 g/mol. The number of imidazole rings is 1. The second-order valence-electron chi connectivity index (χ2n) is 13.2. The Morgan fingerprint density at radius 3 is 2.36 bits per heavy atom. The zero-order valence-electron chi connectivity index (χ0n) is 30.8. The van der Waals surface area contributed by atoms with E-state index in [1.165, 1.54) is 32.1 Å². The van der Waals surface area contributed by atoms with Gasteiger partial charge in [-0.2, -0.15) is 4.31 Å². The van der Waals surface area contributed by atoms with E-state index >= 15 is 0 Å². The molecular weight excluding hydrogens is 875 g/mol. The number of phosphoric ester groups is 3. The molecular formula is C29H42N7O19P3S. The van der Waals surface area contributed by atoms with Crippen LogP contribution in [0.25, 0.3) is 17.2 Å². The van der Waals surface area contributed by atoms with E-state index in [-0.39, 0.29) is 58.8 Å². The summed E-state index contributed by atoms with van der Waals surface area (Å²) in [6.07, 6.45) is -5.77. The number of nitrogens with zero attached hydrogens (tertiary/aromatic N) is 4. The molecule has 2 amide bonds. The van der Waals surface area contributed by atoms with Gasteiger partial charge >= 0.3 is 23.5 Å². The number of amides is 2. The highest BCUT2D eigenvalue weighted by molar-refractivity contribution is 8.03. The molecule has 0 bridgehead atoms. The second-order valence-corrected chi connectivity index (χ2v) is 18.5. The van der Waals surface area contributed by atoms with Gasteiger partial charge in [0, 0.05) is 36.7 Å². The lowest BCUT2D eigenvalue weighted by Gasteiger charge is -2.30. The number of hydrogen-bond acceptors (Lipinski definition) is 20. The van der Waals surface area contributed by atoms with Gasteiger partial charge in [-0.05, 0) is 23.8 Å². The van der Waals surface area contributed by atoms with Crippen molar-refractivity contribution in [2.24, 2.45) is 5.41 Å². The molecule has 30 heteroatoms. The molecule has 26 nitrogen and oxygen atoms in total. The van der Waals surface area contributed by atoms with Gasteiger partial charge < -0.3 is 66.2 Å². The van der Waals surface area contributed by atoms with E-state index in [0.29, 0.717) is 5.56 Å². The summed E-state index contributed by atoms with van der Waals surface area (Å²) in [6.45, 7) is 0.276. The summed E-state index contributed by atoms with van der Waals surface area (Å²) in [6, 6.07) is 3.75. The summed E-state index contributed by atoms with van der Waals surface area (Å²) >= 11 is 0.969. The van der Waals surface area contributed by atoms with E-state index < -0.39 is 84.6 Å². The molecule has 3 aromatic rings. The molecule has 3 heterocycles. The van der Waals surface area contributed by atoms with Crippen LogP contribution in [0.4, 0.5) is 5.82 Å². The molecule has 2 aromatic heterocycles. The number of nitrogens with one attached hydrogen (secondary N) is 2. The summed E-state index contributed by atoms with van der Waals surface area (Å²) < 4.78 is 62.1. The van der Waals surface area contributed by atoms with Crippen molar-refractivity contribution in [1.29, 1.82) is 0 Å². The number of benzene rings is 1. The largest absolute Gasteiger partial charge is 0.508 e. The minimum absolute atomic E-state index is 0.0210. The number of fused-ring (bicyclic) bond motifs is 1. The average Bonchev–Trinajstić information content (AvgIpc) is 3.67. The van der Waals surface area contributed by atoms with Crippen LogP contribution >= 0.6 is 35.2 Å². The van der Waals surface area contributed by atoms with E-state index in [0.717, 1.165) is 35.0 Å². The Kier molecular flexibility index (Phi) is 16.0. The highest BCUT2D eigenvalue weighted by Gasteiger charge is 2.50. The van der Waals surface area contributed by atoms with Crippen LogP contribution in [0.15, 0.2) is 35.9 Å². The minimum atomic E-state index is -5.59. The lowest BCUT2D eigenvalue weighted by Crippen LogP contribution is -2.46. The molecule has 1 aliphatic heterocycles. The van der Waals surface area contributed by atoms with Crippen molar-refractivity contribution in [1.82, 2.24) is 30.2 Å². The molecule has 0 radical (unpaired) electrons. The van der Waals surface area contributed by atoms with Gasteiger partial charge in [0.05, 0.1) is 19.5 Å². The fourth-order valence-corrected chi connectivity index (χ4v) is 8.63. The van der Waals surface area contributed by atoms with Gasteiger partial charge in [-0.1, -0.05) is 25.6 Å². The third kappa shape index (κ3) is 14.2. The number of aliphatic hydroxyl groups excluding tert-OH is 3. The Morgan fingerprint density at radius 1 is 1.03 bits per heavy atom. The molecule has 2 unspecified atom stereocenters. The lowest BCUT2D eigenvalue weighted by atomic mass is 9.87. The Labute approximate surface area is 337 Å². The summed E-state index contributed by atoms with van der Waals surface area (Å²) in [4.78, 5) is 75.7. The van der Waals surface area contributed by atoms with Crippen LogP contribution in [0.3, 0.4) is 0 Å². The molecule has 0 saturated carbocycles. The fourth-order valence-electron chi connectivity index (χ4n) is 5.17. The molecule has 1 aromatic carbocycles. The van der Waals surface area contributed by atoms with E-state index in [2.05, 4.69) is 34.4 Å². The van der Waals surface area contributed by atoms with Gasteiger partial charge in [0.1, 0.15) is 47.8 Å². The monoisotopic (exact) mass is 917 g/mol. The number of aromatic hydroxyl groups is 2. The fraction of sp³-hybridized carbons (Fsp3) is 0.483. The number of aromatic nitrogens is 4. The number of aliphatic hydroxyl groups is 3. The first-order valence-corrected chi connectivity index (χ1v) is 22.3. The van der Waals surface area contributed by atoms with Crippen molar-refractivity contribution in [3.63, 3.8) is 0 Å². The first-order chi connectivity index (χ1) is 27.4. The first kappa shape index (κ1) is 47.9. The van der Waals surface area contributed by atoms with Crippen molar-refractivity contribution < 1.29 is 91.0 Å². The van der Waals surface area contributed by atoms with E-state index in [4.69, 9.17) is 19.5 Å². The Hall–Kier alpha value is -3.75. The molecule has 0 aliphatic carbocycles. The van der Waals surface area contributed by atoms with Crippen LogP contribution < -0.4 is 16.4 Å². The molecule has 13 N–H and O–H groups in total. The van der Waals surface area contributed by atoms with Crippen LogP contribution in [0, 0.1) is 5.41 Å². The smallest absolute Gasteiger partial charge is 0.481 e. The van der Waals surface area contributed by atoms with E-state index in [1.807, 2.05) is 0 Å². The van der Waals surface area contributed by atoms with Crippen LogP contribution in [0.1, 0.15) is 32.1 Å². The number of phosphoric acid groups is 3. The number of thioether (sulfide) groups is 1. The Bertz CT molecular complexity index is 2140. The van der Waals surface area contributed by atoms with E-state index in [9.17, 15) is 68.4 Å². The summed E-state index contributed by atoms with van der Waals surface area (Å²) in [7, 11) is -16.4. The highest BCUT2D eigenvalue weighted by Crippen LogP contribution is 2.61. The van der Waals surface area contributed by atoms with Gasteiger partial charge in [0.25, 0.3) is 0 Å². The Morgan fingerprint density at radius 2 is 1.69 bits per heavy atom. The van der Waals surface area contributed by atoms with Gasteiger partial charge in [-0.3, -0.25) is 27.7 Å². The molecule has 1 aliphatic rings. The molecule has 59 heavy (non-hydrogen) atoms. The summed E-state index contributed by atoms with van der Waals surface area (Å²) in [5.41, 5.74) is 4.55.